The number of piperidine rings is 1. The van der Waals surface area contributed by atoms with Gasteiger partial charge in [0.25, 0.3) is 0 Å². The van der Waals surface area contributed by atoms with Crippen LogP contribution in [-0.4, -0.2) is 36.5 Å². The van der Waals surface area contributed by atoms with Crippen molar-refractivity contribution in [2.45, 2.75) is 26.7 Å². The van der Waals surface area contributed by atoms with Gasteiger partial charge in [-0.1, -0.05) is 6.92 Å². The van der Waals surface area contributed by atoms with E-state index in [1.807, 2.05) is 0 Å². The standard InChI is InChI=1S/C10H17NO3/c1-3-14-10(13)9(12)11-6-4-5-8(2)7-11/h8H,3-7H2,1-2H3/t8-/m1/s1. The van der Waals surface area contributed by atoms with E-state index in [-0.39, 0.29) is 6.61 Å². The van der Waals surface area contributed by atoms with Gasteiger partial charge in [0.2, 0.25) is 0 Å². The SMILES string of the molecule is CCOC(=O)C(=O)N1CCC[C@@H](C)C1. The Morgan fingerprint density at radius 3 is 2.79 bits per heavy atom. The van der Waals surface area contributed by atoms with Crippen molar-refractivity contribution in [2.75, 3.05) is 19.7 Å². The maximum atomic E-state index is 11.5. The summed E-state index contributed by atoms with van der Waals surface area (Å²) in [5.74, 6) is -0.720. The second-order valence-electron chi connectivity index (χ2n) is 3.72. The van der Waals surface area contributed by atoms with E-state index in [0.717, 1.165) is 12.8 Å². The maximum absolute atomic E-state index is 11.5. The lowest BCUT2D eigenvalue weighted by Crippen LogP contribution is -2.43. The van der Waals surface area contributed by atoms with E-state index in [1.165, 1.54) is 0 Å². The number of hydrogen-bond donors (Lipinski definition) is 0. The van der Waals surface area contributed by atoms with Gasteiger partial charge >= 0.3 is 11.9 Å². The molecule has 0 aromatic heterocycles. The van der Waals surface area contributed by atoms with Gasteiger partial charge in [-0.15, -0.1) is 0 Å². The van der Waals surface area contributed by atoms with E-state index < -0.39 is 11.9 Å². The predicted octanol–water partition coefficient (Wildman–Crippen LogP) is 0.808. The summed E-state index contributed by atoms with van der Waals surface area (Å²) in [4.78, 5) is 24.2. The Labute approximate surface area is 84.2 Å². The minimum atomic E-state index is -0.721. The van der Waals surface area contributed by atoms with Crippen LogP contribution < -0.4 is 0 Å². The lowest BCUT2D eigenvalue weighted by atomic mass is 10.0. The summed E-state index contributed by atoms with van der Waals surface area (Å²) < 4.78 is 4.66. The third-order valence-electron chi connectivity index (χ3n) is 2.39. The van der Waals surface area contributed by atoms with Crippen LogP contribution in [0.25, 0.3) is 0 Å². The van der Waals surface area contributed by atoms with Crippen LogP contribution in [0.15, 0.2) is 0 Å². The van der Waals surface area contributed by atoms with Crippen LogP contribution in [0.1, 0.15) is 26.7 Å². The molecule has 0 aromatic carbocycles. The zero-order valence-corrected chi connectivity index (χ0v) is 8.78. The summed E-state index contributed by atoms with van der Waals surface area (Å²) in [6, 6.07) is 0. The van der Waals surface area contributed by atoms with Crippen molar-refractivity contribution in [1.29, 1.82) is 0 Å². The van der Waals surface area contributed by atoms with Gasteiger partial charge in [-0.05, 0) is 25.7 Å². The highest BCUT2D eigenvalue weighted by Gasteiger charge is 2.26. The first-order valence-corrected chi connectivity index (χ1v) is 5.11. The van der Waals surface area contributed by atoms with E-state index >= 15 is 0 Å². The first-order valence-electron chi connectivity index (χ1n) is 5.11. The summed E-state index contributed by atoms with van der Waals surface area (Å²) in [7, 11) is 0. The van der Waals surface area contributed by atoms with Crippen molar-refractivity contribution in [3.63, 3.8) is 0 Å². The second kappa shape index (κ2) is 4.98. The van der Waals surface area contributed by atoms with Gasteiger partial charge in [-0.25, -0.2) is 4.79 Å². The van der Waals surface area contributed by atoms with Crippen LogP contribution in [0.3, 0.4) is 0 Å². The van der Waals surface area contributed by atoms with Crippen LogP contribution in [0.5, 0.6) is 0 Å². The molecule has 0 unspecified atom stereocenters. The number of carbonyl (C=O) groups is 2. The van der Waals surface area contributed by atoms with E-state index in [9.17, 15) is 9.59 Å². The van der Waals surface area contributed by atoms with Gasteiger partial charge in [-0.3, -0.25) is 4.79 Å². The van der Waals surface area contributed by atoms with Crippen LogP contribution in [0.2, 0.25) is 0 Å². The quantitative estimate of drug-likeness (QED) is 0.463. The number of carbonyl (C=O) groups excluding carboxylic acids is 2. The van der Waals surface area contributed by atoms with E-state index in [2.05, 4.69) is 11.7 Å². The summed E-state index contributed by atoms with van der Waals surface area (Å²) in [6.07, 6.45) is 2.11. The maximum Gasteiger partial charge on any atom is 0.397 e. The molecule has 1 aliphatic heterocycles. The molecule has 1 fully saturated rings. The minimum Gasteiger partial charge on any atom is -0.459 e. The third-order valence-corrected chi connectivity index (χ3v) is 2.39. The second-order valence-corrected chi connectivity index (χ2v) is 3.72. The van der Waals surface area contributed by atoms with Gasteiger partial charge in [-0.2, -0.15) is 0 Å². The van der Waals surface area contributed by atoms with Gasteiger partial charge in [0, 0.05) is 13.1 Å². The zero-order valence-electron chi connectivity index (χ0n) is 8.78. The molecule has 0 aromatic rings. The summed E-state index contributed by atoms with van der Waals surface area (Å²) in [5.41, 5.74) is 0. The fraction of sp³-hybridized carbons (Fsp3) is 0.800. The smallest absolute Gasteiger partial charge is 0.397 e. The fourth-order valence-corrected chi connectivity index (χ4v) is 1.70. The third kappa shape index (κ3) is 2.72. The van der Waals surface area contributed by atoms with E-state index in [4.69, 9.17) is 0 Å². The van der Waals surface area contributed by atoms with Crippen molar-refractivity contribution < 1.29 is 14.3 Å². The number of hydrogen-bond acceptors (Lipinski definition) is 3. The Hall–Kier alpha value is -1.06. The van der Waals surface area contributed by atoms with Crippen LogP contribution in [0.4, 0.5) is 0 Å². The summed E-state index contributed by atoms with van der Waals surface area (Å²) >= 11 is 0. The molecule has 80 valence electrons. The van der Waals surface area contributed by atoms with Crippen molar-refractivity contribution in [3.8, 4) is 0 Å². The molecule has 0 radical (unpaired) electrons. The van der Waals surface area contributed by atoms with Crippen molar-refractivity contribution >= 4 is 11.9 Å². The van der Waals surface area contributed by atoms with E-state index in [1.54, 1.807) is 11.8 Å². The normalized spacial score (nSPS) is 21.9. The van der Waals surface area contributed by atoms with Crippen molar-refractivity contribution in [1.82, 2.24) is 4.90 Å². The number of esters is 1. The van der Waals surface area contributed by atoms with Gasteiger partial charge < -0.3 is 9.64 Å². The molecule has 4 heteroatoms. The Morgan fingerprint density at radius 1 is 1.50 bits per heavy atom. The summed E-state index contributed by atoms with van der Waals surface area (Å²) in [5, 5.41) is 0. The number of ether oxygens (including phenoxy) is 1. The molecule has 4 nitrogen and oxygen atoms in total. The molecule has 0 spiro atoms. The molecule has 1 rings (SSSR count). The monoisotopic (exact) mass is 199 g/mol. The van der Waals surface area contributed by atoms with Crippen LogP contribution in [0, 0.1) is 5.92 Å². The van der Waals surface area contributed by atoms with Gasteiger partial charge in [0.1, 0.15) is 0 Å². The molecule has 0 bridgehead atoms. The average Bonchev–Trinajstić information content (AvgIpc) is 2.17. The first kappa shape index (κ1) is 11.0. The predicted molar refractivity (Wildman–Crippen MR) is 51.6 cm³/mol. The van der Waals surface area contributed by atoms with E-state index in [0.29, 0.717) is 19.0 Å². The number of amides is 1. The molecular weight excluding hydrogens is 182 g/mol. The zero-order chi connectivity index (χ0) is 10.6. The highest BCUT2D eigenvalue weighted by atomic mass is 16.5. The highest BCUT2D eigenvalue weighted by molar-refractivity contribution is 6.32. The molecule has 1 aliphatic rings. The molecule has 0 aliphatic carbocycles. The molecule has 1 atom stereocenters. The Balaban J connectivity index is 2.47. The largest absolute Gasteiger partial charge is 0.459 e. The van der Waals surface area contributed by atoms with Crippen LogP contribution in [-0.2, 0) is 14.3 Å². The molecular formula is C10H17NO3. The Bertz CT molecular complexity index is 227. The van der Waals surface area contributed by atoms with Crippen molar-refractivity contribution in [2.24, 2.45) is 5.92 Å². The molecule has 1 saturated heterocycles. The molecule has 14 heavy (non-hydrogen) atoms. The first-order chi connectivity index (χ1) is 6.65. The highest BCUT2D eigenvalue weighted by Crippen LogP contribution is 2.15. The average molecular weight is 199 g/mol. The molecule has 1 heterocycles. The lowest BCUT2D eigenvalue weighted by molar-refractivity contribution is -0.160. The van der Waals surface area contributed by atoms with Crippen LogP contribution >= 0.6 is 0 Å². The van der Waals surface area contributed by atoms with Gasteiger partial charge in [0.15, 0.2) is 0 Å². The Morgan fingerprint density at radius 2 is 2.21 bits per heavy atom. The lowest BCUT2D eigenvalue weighted by Gasteiger charge is -2.29. The number of likely N-dealkylation sites (tertiary alicyclic amines) is 1. The number of nitrogens with zero attached hydrogens (tertiary/aromatic N) is 1. The topological polar surface area (TPSA) is 46.6 Å². The molecule has 0 N–H and O–H groups in total. The molecule has 1 amide bonds. The molecule has 0 saturated carbocycles. The van der Waals surface area contributed by atoms with Crippen molar-refractivity contribution in [3.05, 3.63) is 0 Å². The number of rotatable bonds is 1. The Kier molecular flexibility index (Phi) is 3.92. The fourth-order valence-electron chi connectivity index (χ4n) is 1.70. The van der Waals surface area contributed by atoms with Gasteiger partial charge in [0.05, 0.1) is 6.61 Å². The summed E-state index contributed by atoms with van der Waals surface area (Å²) in [6.45, 7) is 5.40. The minimum absolute atomic E-state index is 0.258.